The zero-order chi connectivity index (χ0) is 29.4. The van der Waals surface area contributed by atoms with Crippen LogP contribution >= 0.6 is 11.3 Å². The lowest BCUT2D eigenvalue weighted by Crippen LogP contribution is -2.39. The first-order valence-corrected chi connectivity index (χ1v) is 15.5. The summed E-state index contributed by atoms with van der Waals surface area (Å²) >= 11 is 1.47. The Bertz CT molecular complexity index is 1750. The molecule has 0 unspecified atom stereocenters. The molecule has 1 aliphatic rings. The Morgan fingerprint density at radius 3 is 2.23 bits per heavy atom. The van der Waals surface area contributed by atoms with Crippen molar-refractivity contribution in [2.45, 2.75) is 26.2 Å². The van der Waals surface area contributed by atoms with Gasteiger partial charge in [-0.2, -0.15) is 0 Å². The third kappa shape index (κ3) is 6.49. The number of aliphatic imine (C=N–C) groups is 1. The largest absolute Gasteiger partial charge is 0.463 e. The van der Waals surface area contributed by atoms with Crippen molar-refractivity contribution in [1.82, 2.24) is 15.1 Å². The summed E-state index contributed by atoms with van der Waals surface area (Å²) in [5.41, 5.74) is 5.44. The van der Waals surface area contributed by atoms with E-state index in [0.717, 1.165) is 80.7 Å². The van der Waals surface area contributed by atoms with E-state index in [9.17, 15) is 4.79 Å². The minimum atomic E-state index is -0.395. The molecule has 0 amide bonds. The van der Waals surface area contributed by atoms with Crippen molar-refractivity contribution < 1.29 is 9.53 Å². The van der Waals surface area contributed by atoms with Gasteiger partial charge < -0.3 is 15.0 Å². The molecule has 5 aromatic rings. The number of anilines is 1. The fourth-order valence-corrected chi connectivity index (χ4v) is 6.24. The normalized spacial score (nSPS) is 13.9. The Labute approximate surface area is 255 Å². The van der Waals surface area contributed by atoms with Crippen molar-refractivity contribution in [3.05, 3.63) is 102 Å². The monoisotopic (exact) mass is 587 g/mol. The highest BCUT2D eigenvalue weighted by Gasteiger charge is 2.24. The number of esters is 1. The van der Waals surface area contributed by atoms with Crippen molar-refractivity contribution in [2.24, 2.45) is 4.99 Å². The van der Waals surface area contributed by atoms with E-state index in [0.29, 0.717) is 6.61 Å². The van der Waals surface area contributed by atoms with E-state index in [-0.39, 0.29) is 0 Å². The van der Waals surface area contributed by atoms with Gasteiger partial charge in [-0.1, -0.05) is 78.9 Å². The average Bonchev–Trinajstić information content (AvgIpc) is 3.42. The number of carbonyl (C=O) groups excluding carboxylic acids is 1. The highest BCUT2D eigenvalue weighted by Crippen LogP contribution is 2.46. The molecular formula is C35H33N5O2S. The number of fused-ring (bicyclic) bond motifs is 1. The molecule has 1 aliphatic heterocycles. The summed E-state index contributed by atoms with van der Waals surface area (Å²) in [5, 5.41) is 13.9. The maximum Gasteiger partial charge on any atom is 0.330 e. The second-order valence-corrected chi connectivity index (χ2v) is 11.2. The quantitative estimate of drug-likeness (QED) is 0.0895. The molecule has 3 heterocycles. The lowest BCUT2D eigenvalue weighted by Gasteiger charge is -2.30. The van der Waals surface area contributed by atoms with Crippen molar-refractivity contribution in [1.29, 1.82) is 0 Å². The second kappa shape index (κ2) is 13.4. The maximum atomic E-state index is 12.4. The predicted molar refractivity (Wildman–Crippen MR) is 177 cm³/mol. The van der Waals surface area contributed by atoms with Crippen molar-refractivity contribution in [3.8, 4) is 22.4 Å². The van der Waals surface area contributed by atoms with Crippen LogP contribution in [-0.2, 0) is 9.53 Å². The van der Waals surface area contributed by atoms with Crippen LogP contribution in [0.4, 0.5) is 11.4 Å². The van der Waals surface area contributed by atoms with Crippen LogP contribution in [0, 0.1) is 0 Å². The number of para-hydroxylation sites is 1. The number of carbonyl (C=O) groups is 1. The van der Waals surface area contributed by atoms with Crippen LogP contribution in [-0.4, -0.2) is 46.7 Å². The molecule has 43 heavy (non-hydrogen) atoms. The zero-order valence-electron chi connectivity index (χ0n) is 24.1. The fraction of sp³-hybridized carbons (Fsp3) is 0.200. The Balaban J connectivity index is 1.63. The van der Waals surface area contributed by atoms with Crippen LogP contribution < -0.4 is 5.32 Å². The third-order valence-corrected chi connectivity index (χ3v) is 8.32. The van der Waals surface area contributed by atoms with E-state index in [1.54, 1.807) is 13.0 Å². The van der Waals surface area contributed by atoms with Gasteiger partial charge in [-0.05, 0) is 50.0 Å². The Kier molecular flexibility index (Phi) is 8.85. The molecular weight excluding hydrogens is 554 g/mol. The molecule has 8 heteroatoms. The average molecular weight is 588 g/mol. The molecule has 6 rings (SSSR count). The molecule has 0 spiro atoms. The third-order valence-electron chi connectivity index (χ3n) is 7.29. The molecule has 0 saturated carbocycles. The Morgan fingerprint density at radius 1 is 0.907 bits per heavy atom. The smallest absolute Gasteiger partial charge is 0.330 e. The van der Waals surface area contributed by atoms with Crippen LogP contribution in [0.25, 0.3) is 38.7 Å². The molecule has 0 bridgehead atoms. The Morgan fingerprint density at radius 2 is 1.56 bits per heavy atom. The number of rotatable bonds is 7. The van der Waals surface area contributed by atoms with E-state index in [4.69, 9.17) is 19.9 Å². The molecule has 1 N–H and O–H groups in total. The molecule has 216 valence electrons. The number of hydrogen-bond acceptors (Lipinski definition) is 6. The second-order valence-electron chi connectivity index (χ2n) is 10.2. The Hall–Kier alpha value is -4.82. The summed E-state index contributed by atoms with van der Waals surface area (Å²) in [4.78, 5) is 21.6. The molecule has 2 aromatic heterocycles. The summed E-state index contributed by atoms with van der Waals surface area (Å²) in [7, 11) is 0. The van der Waals surface area contributed by atoms with E-state index >= 15 is 0 Å². The van der Waals surface area contributed by atoms with Crippen LogP contribution in [0.2, 0.25) is 0 Å². The molecule has 7 nitrogen and oxygen atoms in total. The first-order chi connectivity index (χ1) is 21.2. The van der Waals surface area contributed by atoms with Gasteiger partial charge in [-0.25, -0.2) is 9.79 Å². The van der Waals surface area contributed by atoms with Gasteiger partial charge in [0.1, 0.15) is 10.5 Å². The highest BCUT2D eigenvalue weighted by atomic mass is 32.1. The highest BCUT2D eigenvalue weighted by molar-refractivity contribution is 7.20. The first kappa shape index (κ1) is 28.3. The standard InChI is InChI=1S/C35H33N5O2S/c1-2-42-29(41)22-21-28-33(37-35(40-23-13-6-14-24-40)36-27-19-11-5-12-20-27)31-30(25-15-7-3-8-16-25)32(38-39-34(31)43-28)26-17-9-4-10-18-26/h3-5,7-12,15-22H,2,6,13-14,23-24H2,1H3,(H,36,37)/b22-21+. The van der Waals surface area contributed by atoms with E-state index < -0.39 is 5.97 Å². The van der Waals surface area contributed by atoms with Crippen LogP contribution in [0.3, 0.4) is 0 Å². The van der Waals surface area contributed by atoms with Crippen molar-refractivity contribution in [2.75, 3.05) is 25.0 Å². The van der Waals surface area contributed by atoms with Gasteiger partial charge >= 0.3 is 5.97 Å². The molecule has 0 radical (unpaired) electrons. The SMILES string of the molecule is CCOC(=O)/C=C/c1sc2nnc(-c3ccccc3)c(-c3ccccc3)c2c1N=C(Nc1ccccc1)N1CCCCC1. The number of piperidine rings is 1. The molecule has 0 atom stereocenters. The number of likely N-dealkylation sites (tertiary alicyclic amines) is 1. The number of nitrogens with one attached hydrogen (secondary N) is 1. The topological polar surface area (TPSA) is 79.7 Å². The van der Waals surface area contributed by atoms with Gasteiger partial charge in [0.25, 0.3) is 0 Å². The molecule has 3 aromatic carbocycles. The van der Waals surface area contributed by atoms with Crippen molar-refractivity contribution >= 4 is 50.9 Å². The van der Waals surface area contributed by atoms with Gasteiger partial charge in [0, 0.05) is 41.4 Å². The minimum Gasteiger partial charge on any atom is -0.463 e. The maximum absolute atomic E-state index is 12.4. The van der Waals surface area contributed by atoms with Crippen LogP contribution in [0.5, 0.6) is 0 Å². The lowest BCUT2D eigenvalue weighted by molar-refractivity contribution is -0.137. The number of thiophene rings is 1. The zero-order valence-corrected chi connectivity index (χ0v) is 24.9. The molecule has 1 fully saturated rings. The van der Waals surface area contributed by atoms with Crippen molar-refractivity contribution in [3.63, 3.8) is 0 Å². The number of guanidine groups is 1. The van der Waals surface area contributed by atoms with E-state index in [1.165, 1.54) is 23.8 Å². The molecule has 0 aliphatic carbocycles. The number of nitrogens with zero attached hydrogens (tertiary/aromatic N) is 4. The predicted octanol–water partition coefficient (Wildman–Crippen LogP) is 8.19. The summed E-state index contributed by atoms with van der Waals surface area (Å²) < 4.78 is 5.20. The van der Waals surface area contributed by atoms with E-state index in [1.807, 2.05) is 66.7 Å². The van der Waals surface area contributed by atoms with Gasteiger partial charge in [0.05, 0.1) is 17.2 Å². The molecule has 1 saturated heterocycles. The lowest BCUT2D eigenvalue weighted by atomic mass is 9.96. The van der Waals surface area contributed by atoms with Gasteiger partial charge in [-0.15, -0.1) is 21.5 Å². The van der Waals surface area contributed by atoms with Gasteiger partial charge in [-0.3, -0.25) is 0 Å². The summed E-state index contributed by atoms with van der Waals surface area (Å²) in [5.74, 6) is 0.376. The van der Waals surface area contributed by atoms with Gasteiger partial charge in [0.15, 0.2) is 0 Å². The van der Waals surface area contributed by atoms with Crippen LogP contribution in [0.1, 0.15) is 31.1 Å². The number of benzene rings is 3. The van der Waals surface area contributed by atoms with Gasteiger partial charge in [0.2, 0.25) is 5.96 Å². The number of ether oxygens (including phenoxy) is 1. The minimum absolute atomic E-state index is 0.310. The number of hydrogen-bond donors (Lipinski definition) is 1. The van der Waals surface area contributed by atoms with E-state index in [2.05, 4.69) is 34.5 Å². The summed E-state index contributed by atoms with van der Waals surface area (Å²) in [6.07, 6.45) is 6.67. The van der Waals surface area contributed by atoms with Crippen LogP contribution in [0.15, 0.2) is 102 Å². The fourth-order valence-electron chi connectivity index (χ4n) is 5.27. The summed E-state index contributed by atoms with van der Waals surface area (Å²) in [6.45, 7) is 3.93. The first-order valence-electron chi connectivity index (χ1n) is 14.7. The summed E-state index contributed by atoms with van der Waals surface area (Å²) in [6, 6.07) is 30.5. The number of aromatic nitrogens is 2.